The van der Waals surface area contributed by atoms with Crippen LogP contribution in [0.25, 0.3) is 0 Å². The lowest BCUT2D eigenvalue weighted by atomic mass is 9.84. The largest absolute Gasteiger partial charge is 0.353 e. The van der Waals surface area contributed by atoms with Crippen molar-refractivity contribution in [1.82, 2.24) is 5.32 Å². The molecule has 0 aromatic carbocycles. The van der Waals surface area contributed by atoms with Crippen molar-refractivity contribution in [3.63, 3.8) is 0 Å². The smallest absolute Gasteiger partial charge is 0.227 e. The predicted octanol–water partition coefficient (Wildman–Crippen LogP) is 2.05. The van der Waals surface area contributed by atoms with Crippen LogP contribution in [0.1, 0.15) is 52.4 Å². The first-order valence-corrected chi connectivity index (χ1v) is 5.88. The molecule has 0 saturated heterocycles. The van der Waals surface area contributed by atoms with Gasteiger partial charge in [-0.15, -0.1) is 0 Å². The number of nitrogens with one attached hydrogen (secondary N) is 1. The van der Waals surface area contributed by atoms with Crippen LogP contribution in [0.5, 0.6) is 0 Å². The van der Waals surface area contributed by atoms with E-state index in [1.54, 1.807) is 0 Å². The summed E-state index contributed by atoms with van der Waals surface area (Å²) in [6.45, 7) is 3.50. The average Bonchev–Trinajstić information content (AvgIpc) is 2.17. The Bertz CT molecular complexity index is 232. The molecule has 1 fully saturated rings. The molecule has 1 atom stereocenters. The van der Waals surface area contributed by atoms with Gasteiger partial charge in [0.15, 0.2) is 0 Å². The van der Waals surface area contributed by atoms with Crippen LogP contribution < -0.4 is 5.32 Å². The van der Waals surface area contributed by atoms with E-state index in [9.17, 15) is 9.59 Å². The molecule has 0 aromatic rings. The van der Waals surface area contributed by atoms with Crippen molar-refractivity contribution in [2.24, 2.45) is 5.92 Å². The third kappa shape index (κ3) is 4.45. The van der Waals surface area contributed by atoms with Crippen LogP contribution in [0, 0.1) is 5.92 Å². The summed E-state index contributed by atoms with van der Waals surface area (Å²) in [4.78, 5) is 22.1. The minimum atomic E-state index is -0.124. The highest BCUT2D eigenvalue weighted by Crippen LogP contribution is 2.26. The van der Waals surface area contributed by atoms with Gasteiger partial charge in [-0.05, 0) is 32.6 Å². The summed E-state index contributed by atoms with van der Waals surface area (Å²) in [6, 6.07) is 0.220. The fraction of sp³-hybridized carbons (Fsp3) is 0.833. The third-order valence-corrected chi connectivity index (χ3v) is 3.16. The Labute approximate surface area is 91.6 Å². The second kappa shape index (κ2) is 5.89. The van der Waals surface area contributed by atoms with Gasteiger partial charge in [-0.1, -0.05) is 19.3 Å². The Balaban J connectivity index is 2.30. The first-order valence-electron chi connectivity index (χ1n) is 5.88. The first-order chi connectivity index (χ1) is 7.09. The Kier molecular flexibility index (Phi) is 4.79. The Hall–Kier alpha value is -0.860. The molecule has 15 heavy (non-hydrogen) atoms. The molecule has 1 saturated carbocycles. The van der Waals surface area contributed by atoms with Crippen LogP contribution >= 0.6 is 0 Å². The van der Waals surface area contributed by atoms with Crippen LogP contribution in [0.3, 0.4) is 0 Å². The van der Waals surface area contributed by atoms with E-state index in [-0.39, 0.29) is 24.2 Å². The Morgan fingerprint density at radius 3 is 2.40 bits per heavy atom. The predicted molar refractivity (Wildman–Crippen MR) is 59.5 cm³/mol. The van der Waals surface area contributed by atoms with E-state index in [1.165, 1.54) is 39.0 Å². The van der Waals surface area contributed by atoms with Gasteiger partial charge in [-0.3, -0.25) is 9.59 Å². The Morgan fingerprint density at radius 1 is 1.27 bits per heavy atom. The SMILES string of the molecule is CC(=O)CC(=O)NC(C)C1CCCCC1. The molecule has 1 N–H and O–H groups in total. The normalized spacial score (nSPS) is 19.6. The molecule has 0 heterocycles. The second-order valence-electron chi connectivity index (χ2n) is 4.63. The maximum absolute atomic E-state index is 11.4. The molecule has 1 aliphatic carbocycles. The van der Waals surface area contributed by atoms with E-state index in [1.807, 2.05) is 6.92 Å². The van der Waals surface area contributed by atoms with Crippen LogP contribution in [-0.2, 0) is 9.59 Å². The van der Waals surface area contributed by atoms with Crippen molar-refractivity contribution in [3.05, 3.63) is 0 Å². The van der Waals surface area contributed by atoms with Crippen molar-refractivity contribution in [1.29, 1.82) is 0 Å². The molecule has 0 spiro atoms. The second-order valence-corrected chi connectivity index (χ2v) is 4.63. The quantitative estimate of drug-likeness (QED) is 0.723. The van der Waals surface area contributed by atoms with E-state index in [2.05, 4.69) is 5.32 Å². The third-order valence-electron chi connectivity index (χ3n) is 3.16. The van der Waals surface area contributed by atoms with E-state index >= 15 is 0 Å². The molecule has 0 bridgehead atoms. The van der Waals surface area contributed by atoms with Gasteiger partial charge in [-0.2, -0.15) is 0 Å². The molecule has 3 heteroatoms. The number of carbonyl (C=O) groups excluding carboxylic acids is 2. The van der Waals surface area contributed by atoms with E-state index < -0.39 is 0 Å². The topological polar surface area (TPSA) is 46.2 Å². The zero-order valence-corrected chi connectivity index (χ0v) is 9.71. The summed E-state index contributed by atoms with van der Waals surface area (Å²) >= 11 is 0. The standard InChI is InChI=1S/C12H21NO2/c1-9(14)8-12(15)13-10(2)11-6-4-3-5-7-11/h10-11H,3-8H2,1-2H3,(H,13,15). The summed E-state index contributed by atoms with van der Waals surface area (Å²) in [5, 5.41) is 2.92. The summed E-state index contributed by atoms with van der Waals surface area (Å²) in [5.41, 5.74) is 0. The molecular weight excluding hydrogens is 190 g/mol. The molecule has 0 aromatic heterocycles. The van der Waals surface area contributed by atoms with E-state index in [0.29, 0.717) is 5.92 Å². The Morgan fingerprint density at radius 2 is 1.87 bits per heavy atom. The number of Topliss-reactive ketones (excluding diaryl/α,β-unsaturated/α-hetero) is 1. The van der Waals surface area contributed by atoms with Crippen molar-refractivity contribution in [2.45, 2.75) is 58.4 Å². The highest BCUT2D eigenvalue weighted by Gasteiger charge is 2.21. The lowest BCUT2D eigenvalue weighted by molar-refractivity contribution is -0.127. The number of rotatable bonds is 4. The first kappa shape index (κ1) is 12.2. The summed E-state index contributed by atoms with van der Waals surface area (Å²) < 4.78 is 0. The van der Waals surface area contributed by atoms with E-state index in [0.717, 1.165) is 0 Å². The maximum atomic E-state index is 11.4. The van der Waals surface area contributed by atoms with Crippen molar-refractivity contribution in [2.75, 3.05) is 0 Å². The molecule has 1 rings (SSSR count). The van der Waals surface area contributed by atoms with Gasteiger partial charge in [0.25, 0.3) is 0 Å². The summed E-state index contributed by atoms with van der Waals surface area (Å²) in [5.74, 6) is 0.415. The zero-order chi connectivity index (χ0) is 11.3. The molecule has 0 radical (unpaired) electrons. The minimum absolute atomic E-state index is 0.0249. The molecule has 86 valence electrons. The number of amides is 1. The number of ketones is 1. The van der Waals surface area contributed by atoms with Gasteiger partial charge in [0.05, 0.1) is 6.42 Å². The van der Waals surface area contributed by atoms with Gasteiger partial charge in [0.2, 0.25) is 5.91 Å². The number of hydrogen-bond acceptors (Lipinski definition) is 2. The van der Waals surface area contributed by atoms with Crippen LogP contribution in [-0.4, -0.2) is 17.7 Å². The summed E-state index contributed by atoms with van der Waals surface area (Å²) in [7, 11) is 0. The van der Waals surface area contributed by atoms with Crippen molar-refractivity contribution < 1.29 is 9.59 Å². The molecule has 1 aliphatic rings. The highest BCUT2D eigenvalue weighted by molar-refractivity contribution is 5.96. The van der Waals surface area contributed by atoms with Gasteiger partial charge in [0, 0.05) is 6.04 Å². The molecular formula is C12H21NO2. The fourth-order valence-electron chi connectivity index (χ4n) is 2.28. The van der Waals surface area contributed by atoms with Crippen LogP contribution in [0.2, 0.25) is 0 Å². The summed E-state index contributed by atoms with van der Waals surface area (Å²) in [6.07, 6.45) is 6.32. The van der Waals surface area contributed by atoms with Crippen LogP contribution in [0.15, 0.2) is 0 Å². The van der Waals surface area contributed by atoms with Crippen molar-refractivity contribution >= 4 is 11.7 Å². The lowest BCUT2D eigenvalue weighted by Crippen LogP contribution is -2.39. The van der Waals surface area contributed by atoms with Gasteiger partial charge in [0.1, 0.15) is 5.78 Å². The monoisotopic (exact) mass is 211 g/mol. The van der Waals surface area contributed by atoms with E-state index in [4.69, 9.17) is 0 Å². The lowest BCUT2D eigenvalue weighted by Gasteiger charge is -2.28. The van der Waals surface area contributed by atoms with Gasteiger partial charge in [-0.25, -0.2) is 0 Å². The molecule has 3 nitrogen and oxygen atoms in total. The minimum Gasteiger partial charge on any atom is -0.353 e. The average molecular weight is 211 g/mol. The molecule has 1 amide bonds. The van der Waals surface area contributed by atoms with Gasteiger partial charge >= 0.3 is 0 Å². The molecule has 0 aliphatic heterocycles. The number of carbonyl (C=O) groups is 2. The number of hydrogen-bond donors (Lipinski definition) is 1. The maximum Gasteiger partial charge on any atom is 0.227 e. The van der Waals surface area contributed by atoms with Crippen molar-refractivity contribution in [3.8, 4) is 0 Å². The highest BCUT2D eigenvalue weighted by atomic mass is 16.2. The van der Waals surface area contributed by atoms with Gasteiger partial charge < -0.3 is 5.32 Å². The molecule has 1 unspecified atom stereocenters. The van der Waals surface area contributed by atoms with Crippen LogP contribution in [0.4, 0.5) is 0 Å². The zero-order valence-electron chi connectivity index (χ0n) is 9.71. The fourth-order valence-corrected chi connectivity index (χ4v) is 2.28.